The van der Waals surface area contributed by atoms with Crippen LogP contribution in [0.25, 0.3) is 0 Å². The summed E-state index contributed by atoms with van der Waals surface area (Å²) < 4.78 is 6.24. The van der Waals surface area contributed by atoms with Crippen molar-refractivity contribution in [2.75, 3.05) is 0 Å². The smallest absolute Gasteiger partial charge is 0.285 e. The van der Waals surface area contributed by atoms with E-state index >= 15 is 0 Å². The van der Waals surface area contributed by atoms with Crippen LogP contribution < -0.4 is 5.56 Å². The van der Waals surface area contributed by atoms with Gasteiger partial charge in [-0.1, -0.05) is 0 Å². The zero-order valence-corrected chi connectivity index (χ0v) is 9.11. The van der Waals surface area contributed by atoms with E-state index in [1.54, 1.807) is 0 Å². The van der Waals surface area contributed by atoms with Crippen molar-refractivity contribution in [3.05, 3.63) is 62.5 Å². The number of pyridine rings is 1. The minimum Gasteiger partial charge on any atom is -0.456 e. The van der Waals surface area contributed by atoms with Gasteiger partial charge in [0.1, 0.15) is 5.76 Å². The van der Waals surface area contributed by atoms with Crippen LogP contribution in [-0.4, -0.2) is 15.8 Å². The maximum atomic E-state index is 11.5. The Morgan fingerprint density at radius 3 is 2.72 bits per heavy atom. The summed E-state index contributed by atoms with van der Waals surface area (Å²) in [7, 11) is 0. The third kappa shape index (κ3) is 2.34. The number of carbonyl (C=O) groups is 1. The molecule has 0 N–H and O–H groups in total. The summed E-state index contributed by atoms with van der Waals surface area (Å²) in [5.74, 6) is 0.517. The van der Waals surface area contributed by atoms with Crippen LogP contribution in [0.4, 0.5) is 5.69 Å². The van der Waals surface area contributed by atoms with Crippen LogP contribution in [0.5, 0.6) is 0 Å². The number of nitrogens with zero attached hydrogens (tertiary/aromatic N) is 2. The lowest BCUT2D eigenvalue weighted by molar-refractivity contribution is -0.385. The summed E-state index contributed by atoms with van der Waals surface area (Å²) in [6, 6.07) is 5.25. The second-order valence-electron chi connectivity index (χ2n) is 3.53. The van der Waals surface area contributed by atoms with Gasteiger partial charge in [-0.05, 0) is 12.1 Å². The number of nitro groups is 1. The van der Waals surface area contributed by atoms with Crippen molar-refractivity contribution in [3.63, 3.8) is 0 Å². The average molecular weight is 248 g/mol. The molecule has 2 aromatic heterocycles. The van der Waals surface area contributed by atoms with E-state index in [2.05, 4.69) is 0 Å². The number of hydrogen-bond donors (Lipinski definition) is 0. The average Bonchev–Trinajstić information content (AvgIpc) is 2.79. The Morgan fingerprint density at radius 1 is 1.33 bits per heavy atom. The number of rotatable bonds is 4. The summed E-state index contributed by atoms with van der Waals surface area (Å²) in [6.07, 6.45) is 1.67. The number of hydrogen-bond acceptors (Lipinski definition) is 5. The van der Waals surface area contributed by atoms with Crippen LogP contribution >= 0.6 is 0 Å². The summed E-state index contributed by atoms with van der Waals surface area (Å²) in [5.41, 5.74) is -0.568. The second-order valence-corrected chi connectivity index (χ2v) is 3.53. The first kappa shape index (κ1) is 11.8. The van der Waals surface area contributed by atoms with Gasteiger partial charge in [0.15, 0.2) is 12.0 Å². The maximum Gasteiger partial charge on any atom is 0.285 e. The van der Waals surface area contributed by atoms with E-state index in [9.17, 15) is 19.7 Å². The zero-order chi connectivity index (χ0) is 13.1. The number of aldehydes is 1. The lowest BCUT2D eigenvalue weighted by Crippen LogP contribution is -2.19. The third-order valence-corrected chi connectivity index (χ3v) is 2.30. The van der Waals surface area contributed by atoms with Gasteiger partial charge in [-0.3, -0.25) is 19.7 Å². The lowest BCUT2D eigenvalue weighted by atomic mass is 10.4. The molecule has 92 valence electrons. The topological polar surface area (TPSA) is 95.4 Å². The monoisotopic (exact) mass is 248 g/mol. The second kappa shape index (κ2) is 4.66. The first-order valence-corrected chi connectivity index (χ1v) is 4.99. The molecule has 0 atom stereocenters. The van der Waals surface area contributed by atoms with Gasteiger partial charge >= 0.3 is 0 Å². The molecule has 0 bridgehead atoms. The molecule has 0 amide bonds. The molecule has 0 fully saturated rings. The SMILES string of the molecule is O=Cc1ccc(Cn2cc([N+](=O)[O-])ccc2=O)o1. The first-order valence-electron chi connectivity index (χ1n) is 4.99. The van der Waals surface area contributed by atoms with Crippen molar-refractivity contribution in [2.45, 2.75) is 6.54 Å². The van der Waals surface area contributed by atoms with Crippen molar-refractivity contribution in [3.8, 4) is 0 Å². The lowest BCUT2D eigenvalue weighted by Gasteiger charge is -2.02. The predicted octanol–water partition coefficient (Wildman–Crippen LogP) is 1.21. The molecule has 0 spiro atoms. The molecule has 0 aliphatic carbocycles. The fourth-order valence-corrected chi connectivity index (χ4v) is 1.46. The number of furan rings is 1. The zero-order valence-electron chi connectivity index (χ0n) is 9.11. The highest BCUT2D eigenvalue weighted by atomic mass is 16.6. The number of aromatic nitrogens is 1. The van der Waals surface area contributed by atoms with E-state index in [0.29, 0.717) is 12.0 Å². The summed E-state index contributed by atoms with van der Waals surface area (Å²) >= 11 is 0. The third-order valence-electron chi connectivity index (χ3n) is 2.30. The standard InChI is InChI=1S/C11H8N2O5/c14-7-10-3-2-9(18-10)6-12-5-8(13(16)17)1-4-11(12)15/h1-5,7H,6H2. The van der Waals surface area contributed by atoms with E-state index in [1.807, 2.05) is 0 Å². The van der Waals surface area contributed by atoms with Crippen LogP contribution in [0.2, 0.25) is 0 Å². The molecule has 18 heavy (non-hydrogen) atoms. The predicted molar refractivity (Wildman–Crippen MR) is 60.6 cm³/mol. The molecule has 2 aromatic rings. The van der Waals surface area contributed by atoms with Gasteiger partial charge in [-0.25, -0.2) is 0 Å². The molecule has 0 aliphatic heterocycles. The summed E-state index contributed by atoms with van der Waals surface area (Å²) in [6.45, 7) is 0.0361. The summed E-state index contributed by atoms with van der Waals surface area (Å²) in [4.78, 5) is 31.9. The van der Waals surface area contributed by atoms with Gasteiger partial charge in [0, 0.05) is 12.1 Å². The highest BCUT2D eigenvalue weighted by molar-refractivity contribution is 5.70. The van der Waals surface area contributed by atoms with E-state index < -0.39 is 4.92 Å². The molecule has 2 heterocycles. The Balaban J connectivity index is 2.33. The molecule has 7 nitrogen and oxygen atoms in total. The van der Waals surface area contributed by atoms with Crippen molar-refractivity contribution < 1.29 is 14.1 Å². The van der Waals surface area contributed by atoms with Crippen LogP contribution in [0.15, 0.2) is 39.7 Å². The summed E-state index contributed by atoms with van der Waals surface area (Å²) in [5, 5.41) is 10.6. The van der Waals surface area contributed by atoms with E-state index in [4.69, 9.17) is 4.42 Å². The van der Waals surface area contributed by atoms with E-state index in [0.717, 1.165) is 22.9 Å². The minimum atomic E-state index is -0.588. The van der Waals surface area contributed by atoms with Crippen LogP contribution in [0, 0.1) is 10.1 Å². The molecule has 0 saturated heterocycles. The quantitative estimate of drug-likeness (QED) is 0.460. The van der Waals surface area contributed by atoms with Crippen molar-refractivity contribution in [2.24, 2.45) is 0 Å². The van der Waals surface area contributed by atoms with Gasteiger partial charge in [-0.15, -0.1) is 0 Å². The molecular weight excluding hydrogens is 240 g/mol. The highest BCUT2D eigenvalue weighted by Crippen LogP contribution is 2.10. The molecule has 0 radical (unpaired) electrons. The van der Waals surface area contributed by atoms with E-state index in [1.165, 1.54) is 12.1 Å². The molecule has 7 heteroatoms. The van der Waals surface area contributed by atoms with Gasteiger partial charge in [0.25, 0.3) is 11.2 Å². The molecule has 0 aliphatic rings. The van der Waals surface area contributed by atoms with Crippen LogP contribution in [-0.2, 0) is 6.54 Å². The van der Waals surface area contributed by atoms with Crippen molar-refractivity contribution >= 4 is 12.0 Å². The van der Waals surface area contributed by atoms with Gasteiger partial charge in [-0.2, -0.15) is 0 Å². The van der Waals surface area contributed by atoms with Crippen molar-refractivity contribution in [1.29, 1.82) is 0 Å². The fraction of sp³-hybridized carbons (Fsp3) is 0.0909. The largest absolute Gasteiger partial charge is 0.456 e. The Hall–Kier alpha value is -2.70. The van der Waals surface area contributed by atoms with Gasteiger partial charge in [0.05, 0.1) is 17.7 Å². The molecule has 0 aromatic carbocycles. The van der Waals surface area contributed by atoms with Crippen LogP contribution in [0.1, 0.15) is 16.3 Å². The molecular formula is C11H8N2O5. The molecule has 0 unspecified atom stereocenters. The van der Waals surface area contributed by atoms with Gasteiger partial charge < -0.3 is 8.98 Å². The normalized spacial score (nSPS) is 10.2. The fourth-order valence-electron chi connectivity index (χ4n) is 1.46. The Morgan fingerprint density at radius 2 is 2.11 bits per heavy atom. The minimum absolute atomic E-state index is 0.0361. The van der Waals surface area contributed by atoms with E-state index in [-0.39, 0.29) is 23.6 Å². The van der Waals surface area contributed by atoms with Crippen molar-refractivity contribution in [1.82, 2.24) is 4.57 Å². The molecule has 2 rings (SSSR count). The maximum absolute atomic E-state index is 11.5. The van der Waals surface area contributed by atoms with Gasteiger partial charge in [0.2, 0.25) is 0 Å². The number of carbonyl (C=O) groups excluding carboxylic acids is 1. The highest BCUT2D eigenvalue weighted by Gasteiger charge is 2.09. The first-order chi connectivity index (χ1) is 8.60. The molecule has 0 saturated carbocycles. The Bertz CT molecular complexity index is 655. The Labute approximate surface area is 100 Å². The Kier molecular flexibility index (Phi) is 3.05. The van der Waals surface area contributed by atoms with Crippen LogP contribution in [0.3, 0.4) is 0 Å².